The van der Waals surface area contributed by atoms with Gasteiger partial charge in [0.1, 0.15) is 5.70 Å². The van der Waals surface area contributed by atoms with Crippen LogP contribution in [-0.4, -0.2) is 10.9 Å². The van der Waals surface area contributed by atoms with Crippen molar-refractivity contribution < 1.29 is 5.11 Å². The average molecular weight is 330 g/mol. The summed E-state index contributed by atoms with van der Waals surface area (Å²) >= 11 is 3.38. The molecule has 0 saturated heterocycles. The molecular formula is C15H12BrN3O. The zero-order valence-corrected chi connectivity index (χ0v) is 12.1. The third-order valence-corrected chi connectivity index (χ3v) is 3.46. The van der Waals surface area contributed by atoms with E-state index in [9.17, 15) is 5.11 Å². The first-order chi connectivity index (χ1) is 9.74. The van der Waals surface area contributed by atoms with Gasteiger partial charge in [-0.25, -0.2) is 0 Å². The molecule has 3 rings (SSSR count). The monoisotopic (exact) mass is 329 g/mol. The largest absolute Gasteiger partial charge is 0.492 e. The van der Waals surface area contributed by atoms with Gasteiger partial charge >= 0.3 is 0 Å². The van der Waals surface area contributed by atoms with Gasteiger partial charge in [-0.1, -0.05) is 58.4 Å². The van der Waals surface area contributed by atoms with Crippen LogP contribution in [0.15, 0.2) is 69.9 Å². The molecule has 1 heterocycles. The predicted molar refractivity (Wildman–Crippen MR) is 82.9 cm³/mol. The number of hydrogen-bond donors (Lipinski definition) is 3. The second-order valence-corrected chi connectivity index (χ2v) is 5.20. The maximum Gasteiger partial charge on any atom is 0.239 e. The van der Waals surface area contributed by atoms with E-state index in [2.05, 4.69) is 31.8 Å². The Hall–Kier alpha value is -2.27. The van der Waals surface area contributed by atoms with Gasteiger partial charge < -0.3 is 5.11 Å². The number of benzene rings is 2. The molecule has 2 aromatic carbocycles. The molecule has 0 aliphatic carbocycles. The normalized spacial score (nSPS) is 14.3. The molecular weight excluding hydrogens is 318 g/mol. The Morgan fingerprint density at radius 3 is 2.20 bits per heavy atom. The summed E-state index contributed by atoms with van der Waals surface area (Å²) in [4.78, 5) is 4.20. The lowest BCUT2D eigenvalue weighted by Crippen LogP contribution is -2.40. The lowest BCUT2D eigenvalue weighted by atomic mass is 10.1. The molecule has 20 heavy (non-hydrogen) atoms. The number of hydrazine groups is 1. The smallest absolute Gasteiger partial charge is 0.239 e. The van der Waals surface area contributed by atoms with Crippen LogP contribution in [0.1, 0.15) is 11.1 Å². The van der Waals surface area contributed by atoms with E-state index in [1.54, 1.807) is 0 Å². The van der Waals surface area contributed by atoms with Crippen molar-refractivity contribution in [2.75, 3.05) is 0 Å². The van der Waals surface area contributed by atoms with E-state index in [1.165, 1.54) is 0 Å². The van der Waals surface area contributed by atoms with E-state index in [4.69, 9.17) is 0 Å². The molecule has 0 amide bonds. The van der Waals surface area contributed by atoms with Crippen molar-refractivity contribution in [2.45, 2.75) is 0 Å². The zero-order valence-electron chi connectivity index (χ0n) is 10.5. The van der Waals surface area contributed by atoms with E-state index < -0.39 is 0 Å². The molecule has 3 N–H and O–H groups in total. The quantitative estimate of drug-likeness (QED) is 0.793. The fourth-order valence-electron chi connectivity index (χ4n) is 1.92. The van der Waals surface area contributed by atoms with Gasteiger partial charge in [0.15, 0.2) is 5.84 Å². The van der Waals surface area contributed by atoms with Crippen LogP contribution in [0.5, 0.6) is 0 Å². The standard InChI is InChI=1S/C15H12BrN3O/c16-12-8-6-10(7-9-12)13-15(20)17-14(19-18-13)11-4-2-1-3-5-11/h1-9,18,20H,(H,17,19). The number of rotatable bonds is 2. The predicted octanol–water partition coefficient (Wildman–Crippen LogP) is 3.19. The Morgan fingerprint density at radius 1 is 0.850 bits per heavy atom. The van der Waals surface area contributed by atoms with Gasteiger partial charge in [0.05, 0.1) is 0 Å². The minimum Gasteiger partial charge on any atom is -0.492 e. The van der Waals surface area contributed by atoms with Crippen LogP contribution in [0.3, 0.4) is 0 Å². The van der Waals surface area contributed by atoms with Crippen LogP contribution < -0.4 is 10.9 Å². The maximum atomic E-state index is 10.1. The molecule has 0 fully saturated rings. The number of nitrogens with one attached hydrogen (secondary N) is 2. The molecule has 0 aromatic heterocycles. The average Bonchev–Trinajstić information content (AvgIpc) is 2.49. The molecule has 0 radical (unpaired) electrons. The molecule has 2 aromatic rings. The highest BCUT2D eigenvalue weighted by Gasteiger charge is 2.16. The van der Waals surface area contributed by atoms with Gasteiger partial charge in [-0.2, -0.15) is 4.99 Å². The summed E-state index contributed by atoms with van der Waals surface area (Å²) in [7, 11) is 0. The molecule has 0 atom stereocenters. The fraction of sp³-hybridized carbons (Fsp3) is 0. The number of halogens is 1. The molecule has 1 aliphatic rings. The summed E-state index contributed by atoms with van der Waals surface area (Å²) in [5, 5.41) is 10.1. The SMILES string of the molecule is OC1=C(c2ccc(Br)cc2)NNC(c2ccccc2)=N1. The van der Waals surface area contributed by atoms with Gasteiger partial charge in [-0.05, 0) is 12.1 Å². The van der Waals surface area contributed by atoms with E-state index in [0.717, 1.165) is 15.6 Å². The minimum atomic E-state index is -0.0371. The third-order valence-electron chi connectivity index (χ3n) is 2.93. The van der Waals surface area contributed by atoms with Crippen molar-refractivity contribution in [1.29, 1.82) is 0 Å². The number of nitrogens with zero attached hydrogens (tertiary/aromatic N) is 1. The van der Waals surface area contributed by atoms with Crippen molar-refractivity contribution in [3.05, 3.63) is 76.1 Å². The highest BCUT2D eigenvalue weighted by atomic mass is 79.9. The van der Waals surface area contributed by atoms with Crippen molar-refractivity contribution in [3.63, 3.8) is 0 Å². The Balaban J connectivity index is 1.95. The van der Waals surface area contributed by atoms with Gasteiger partial charge in [0.25, 0.3) is 0 Å². The number of hydrogen-bond acceptors (Lipinski definition) is 4. The number of aliphatic imine (C=N–C) groups is 1. The molecule has 5 heteroatoms. The fourth-order valence-corrected chi connectivity index (χ4v) is 2.18. The summed E-state index contributed by atoms with van der Waals surface area (Å²) in [6.45, 7) is 0. The Kier molecular flexibility index (Phi) is 3.43. The van der Waals surface area contributed by atoms with E-state index >= 15 is 0 Å². The molecule has 1 aliphatic heterocycles. The first-order valence-corrected chi connectivity index (χ1v) is 6.88. The van der Waals surface area contributed by atoms with Crippen LogP contribution in [0.4, 0.5) is 0 Å². The second kappa shape index (κ2) is 5.38. The molecule has 100 valence electrons. The van der Waals surface area contributed by atoms with E-state index in [0.29, 0.717) is 11.5 Å². The van der Waals surface area contributed by atoms with Crippen LogP contribution in [0, 0.1) is 0 Å². The number of aliphatic hydroxyl groups is 1. The molecule has 0 bridgehead atoms. The highest BCUT2D eigenvalue weighted by molar-refractivity contribution is 9.10. The summed E-state index contributed by atoms with van der Waals surface area (Å²) in [6.07, 6.45) is 0. The van der Waals surface area contributed by atoms with E-state index in [-0.39, 0.29) is 5.88 Å². The molecule has 4 nitrogen and oxygen atoms in total. The van der Waals surface area contributed by atoms with Crippen molar-refractivity contribution in [1.82, 2.24) is 10.9 Å². The Morgan fingerprint density at radius 2 is 1.55 bits per heavy atom. The number of amidine groups is 1. The number of aliphatic hydroxyl groups excluding tert-OH is 1. The summed E-state index contributed by atoms with van der Waals surface area (Å²) in [5.41, 5.74) is 8.30. The highest BCUT2D eigenvalue weighted by Crippen LogP contribution is 2.20. The molecule has 0 spiro atoms. The molecule has 0 saturated carbocycles. The van der Waals surface area contributed by atoms with Crippen LogP contribution in [0.25, 0.3) is 5.70 Å². The summed E-state index contributed by atoms with van der Waals surface area (Å²) < 4.78 is 0.985. The Labute approximate surface area is 125 Å². The first kappa shape index (κ1) is 12.7. The van der Waals surface area contributed by atoms with Gasteiger partial charge in [0, 0.05) is 15.6 Å². The lowest BCUT2D eigenvalue weighted by molar-refractivity contribution is 0.401. The summed E-state index contributed by atoms with van der Waals surface area (Å²) in [5.74, 6) is 0.550. The second-order valence-electron chi connectivity index (χ2n) is 4.28. The first-order valence-electron chi connectivity index (χ1n) is 6.09. The minimum absolute atomic E-state index is 0.0371. The van der Waals surface area contributed by atoms with Gasteiger partial charge in [-0.3, -0.25) is 10.9 Å². The third kappa shape index (κ3) is 2.53. The van der Waals surface area contributed by atoms with Crippen LogP contribution in [0.2, 0.25) is 0 Å². The topological polar surface area (TPSA) is 56.6 Å². The molecule has 0 unspecified atom stereocenters. The maximum absolute atomic E-state index is 10.1. The summed E-state index contributed by atoms with van der Waals surface area (Å²) in [6, 6.07) is 17.2. The van der Waals surface area contributed by atoms with Crippen molar-refractivity contribution in [2.24, 2.45) is 4.99 Å². The lowest BCUT2D eigenvalue weighted by Gasteiger charge is -2.20. The van der Waals surface area contributed by atoms with Gasteiger partial charge in [0.2, 0.25) is 5.88 Å². The van der Waals surface area contributed by atoms with Crippen molar-refractivity contribution >= 4 is 27.5 Å². The Bertz CT molecular complexity index is 678. The zero-order chi connectivity index (χ0) is 13.9. The van der Waals surface area contributed by atoms with Crippen LogP contribution in [-0.2, 0) is 0 Å². The van der Waals surface area contributed by atoms with Crippen LogP contribution >= 0.6 is 15.9 Å². The van der Waals surface area contributed by atoms with E-state index in [1.807, 2.05) is 54.6 Å². The van der Waals surface area contributed by atoms with Gasteiger partial charge in [-0.15, -0.1) is 0 Å². The van der Waals surface area contributed by atoms with Crippen molar-refractivity contribution in [3.8, 4) is 0 Å².